The lowest BCUT2D eigenvalue weighted by Crippen LogP contribution is -2.03. The highest BCUT2D eigenvalue weighted by atomic mass is 32.2. The van der Waals surface area contributed by atoms with Crippen molar-refractivity contribution in [3.63, 3.8) is 0 Å². The molecule has 0 amide bonds. The molecule has 0 bridgehead atoms. The minimum absolute atomic E-state index is 0.780. The van der Waals surface area contributed by atoms with Gasteiger partial charge in [-0.3, -0.25) is 0 Å². The van der Waals surface area contributed by atoms with E-state index in [1.165, 1.54) is 10.6 Å². The zero-order chi connectivity index (χ0) is 9.52. The molecule has 0 aliphatic heterocycles. The highest BCUT2D eigenvalue weighted by Crippen LogP contribution is 2.15. The lowest BCUT2D eigenvalue weighted by Gasteiger charge is -1.99. The molecular formula is C9H16N2S2. The van der Waals surface area contributed by atoms with Gasteiger partial charge in [-0.05, 0) is 18.6 Å². The summed E-state index contributed by atoms with van der Waals surface area (Å²) in [4.78, 5) is 5.80. The van der Waals surface area contributed by atoms with Crippen molar-refractivity contribution in [1.82, 2.24) is 4.98 Å². The molecule has 0 aromatic carbocycles. The Morgan fingerprint density at radius 3 is 3.08 bits per heavy atom. The standard InChI is InChI=1S/C9H16N2S2/c1-2-9-8(11-7-13-9)3-5-12-6-4-10/h7H,2-6,10H2,1H3. The van der Waals surface area contributed by atoms with Gasteiger partial charge in [0.25, 0.3) is 0 Å². The molecule has 0 radical (unpaired) electrons. The van der Waals surface area contributed by atoms with Crippen molar-refractivity contribution in [2.24, 2.45) is 5.73 Å². The zero-order valence-electron chi connectivity index (χ0n) is 7.95. The molecule has 0 saturated heterocycles. The van der Waals surface area contributed by atoms with E-state index in [0.29, 0.717) is 0 Å². The smallest absolute Gasteiger partial charge is 0.0797 e. The van der Waals surface area contributed by atoms with Crippen LogP contribution < -0.4 is 5.73 Å². The van der Waals surface area contributed by atoms with Crippen LogP contribution >= 0.6 is 23.1 Å². The van der Waals surface area contributed by atoms with E-state index in [1.54, 1.807) is 11.3 Å². The van der Waals surface area contributed by atoms with Crippen LogP contribution in [0.4, 0.5) is 0 Å². The normalized spacial score (nSPS) is 10.6. The van der Waals surface area contributed by atoms with Crippen molar-refractivity contribution in [1.29, 1.82) is 0 Å². The van der Waals surface area contributed by atoms with E-state index in [4.69, 9.17) is 5.73 Å². The van der Waals surface area contributed by atoms with Gasteiger partial charge in [-0.1, -0.05) is 6.92 Å². The van der Waals surface area contributed by atoms with Gasteiger partial charge in [0.15, 0.2) is 0 Å². The molecule has 0 aliphatic carbocycles. The first-order valence-electron chi connectivity index (χ1n) is 4.57. The van der Waals surface area contributed by atoms with Gasteiger partial charge >= 0.3 is 0 Å². The fourth-order valence-corrected chi connectivity index (χ4v) is 2.61. The first kappa shape index (κ1) is 11.0. The summed E-state index contributed by atoms with van der Waals surface area (Å²) in [5, 5.41) is 0. The third-order valence-corrected chi connectivity index (χ3v) is 3.83. The number of thiazole rings is 1. The van der Waals surface area contributed by atoms with Crippen LogP contribution in [0.25, 0.3) is 0 Å². The molecule has 0 saturated carbocycles. The Morgan fingerprint density at radius 1 is 1.54 bits per heavy atom. The molecule has 0 unspecified atom stereocenters. The summed E-state index contributed by atoms with van der Waals surface area (Å²) in [7, 11) is 0. The fourth-order valence-electron chi connectivity index (χ4n) is 1.14. The molecule has 4 heteroatoms. The van der Waals surface area contributed by atoms with E-state index in [1.807, 2.05) is 17.3 Å². The molecule has 1 aromatic heterocycles. The summed E-state index contributed by atoms with van der Waals surface area (Å²) in [6.07, 6.45) is 2.21. The average Bonchev–Trinajstić information content (AvgIpc) is 2.60. The SMILES string of the molecule is CCc1scnc1CCSCCN. The molecule has 1 heterocycles. The lowest BCUT2D eigenvalue weighted by atomic mass is 10.2. The minimum Gasteiger partial charge on any atom is -0.330 e. The van der Waals surface area contributed by atoms with Gasteiger partial charge in [-0.15, -0.1) is 11.3 Å². The Morgan fingerprint density at radius 2 is 2.38 bits per heavy atom. The Labute approximate surface area is 87.9 Å². The third kappa shape index (κ3) is 3.67. The van der Waals surface area contributed by atoms with Crippen LogP contribution in [0.2, 0.25) is 0 Å². The quantitative estimate of drug-likeness (QED) is 0.739. The van der Waals surface area contributed by atoms with Crippen molar-refractivity contribution >= 4 is 23.1 Å². The number of hydrogen-bond donors (Lipinski definition) is 1. The van der Waals surface area contributed by atoms with Crippen LogP contribution in [0, 0.1) is 0 Å². The maximum absolute atomic E-state index is 5.41. The molecule has 74 valence electrons. The molecule has 0 aliphatic rings. The molecule has 0 spiro atoms. The molecular weight excluding hydrogens is 200 g/mol. The average molecular weight is 216 g/mol. The van der Waals surface area contributed by atoms with Crippen LogP contribution in [-0.2, 0) is 12.8 Å². The van der Waals surface area contributed by atoms with Crippen LogP contribution in [0.15, 0.2) is 5.51 Å². The molecule has 1 rings (SSSR count). The van der Waals surface area contributed by atoms with E-state index >= 15 is 0 Å². The Balaban J connectivity index is 2.27. The second-order valence-corrected chi connectivity index (χ2v) is 4.89. The minimum atomic E-state index is 0.780. The topological polar surface area (TPSA) is 38.9 Å². The third-order valence-electron chi connectivity index (χ3n) is 1.79. The van der Waals surface area contributed by atoms with Crippen molar-refractivity contribution in [2.75, 3.05) is 18.1 Å². The summed E-state index contributed by atoms with van der Waals surface area (Å²) >= 11 is 3.68. The van der Waals surface area contributed by atoms with Crippen molar-refractivity contribution in [2.45, 2.75) is 19.8 Å². The van der Waals surface area contributed by atoms with Crippen molar-refractivity contribution in [3.8, 4) is 0 Å². The number of nitrogens with two attached hydrogens (primary N) is 1. The second-order valence-electron chi connectivity index (χ2n) is 2.73. The Bertz CT molecular complexity index is 235. The highest BCUT2D eigenvalue weighted by Gasteiger charge is 2.02. The van der Waals surface area contributed by atoms with Gasteiger partial charge in [0.1, 0.15) is 0 Å². The summed E-state index contributed by atoms with van der Waals surface area (Å²) in [5.74, 6) is 2.21. The van der Waals surface area contributed by atoms with E-state index < -0.39 is 0 Å². The van der Waals surface area contributed by atoms with Gasteiger partial charge < -0.3 is 5.73 Å². The van der Waals surface area contributed by atoms with E-state index in [0.717, 1.165) is 30.9 Å². The number of rotatable bonds is 6. The first-order chi connectivity index (χ1) is 6.38. The highest BCUT2D eigenvalue weighted by molar-refractivity contribution is 7.99. The maximum atomic E-state index is 5.41. The van der Waals surface area contributed by atoms with Crippen LogP contribution in [0.5, 0.6) is 0 Å². The Hall–Kier alpha value is -0.0600. The van der Waals surface area contributed by atoms with Crippen molar-refractivity contribution in [3.05, 3.63) is 16.1 Å². The largest absolute Gasteiger partial charge is 0.330 e. The number of aryl methyl sites for hydroxylation is 2. The van der Waals surface area contributed by atoms with Crippen molar-refractivity contribution < 1.29 is 0 Å². The predicted octanol–water partition coefficient (Wildman–Crippen LogP) is 1.94. The van der Waals surface area contributed by atoms with Gasteiger partial charge in [-0.2, -0.15) is 11.8 Å². The molecule has 1 aromatic rings. The molecule has 0 atom stereocenters. The van der Waals surface area contributed by atoms with E-state index in [2.05, 4.69) is 11.9 Å². The number of aromatic nitrogens is 1. The molecule has 0 fully saturated rings. The Kier molecular flexibility index (Phi) is 5.43. The van der Waals surface area contributed by atoms with Gasteiger partial charge in [-0.25, -0.2) is 4.98 Å². The summed E-state index contributed by atoms with van der Waals surface area (Å²) in [6.45, 7) is 2.96. The van der Waals surface area contributed by atoms with Crippen LogP contribution in [0.1, 0.15) is 17.5 Å². The maximum Gasteiger partial charge on any atom is 0.0797 e. The fraction of sp³-hybridized carbons (Fsp3) is 0.667. The van der Waals surface area contributed by atoms with Gasteiger partial charge in [0, 0.05) is 17.2 Å². The second kappa shape index (κ2) is 6.40. The first-order valence-corrected chi connectivity index (χ1v) is 6.61. The number of thioether (sulfide) groups is 1. The molecule has 2 N–H and O–H groups in total. The zero-order valence-corrected chi connectivity index (χ0v) is 9.59. The van der Waals surface area contributed by atoms with E-state index in [-0.39, 0.29) is 0 Å². The van der Waals surface area contributed by atoms with E-state index in [9.17, 15) is 0 Å². The van der Waals surface area contributed by atoms with Crippen LogP contribution in [-0.4, -0.2) is 23.0 Å². The van der Waals surface area contributed by atoms with Crippen LogP contribution in [0.3, 0.4) is 0 Å². The van der Waals surface area contributed by atoms with Gasteiger partial charge in [0.2, 0.25) is 0 Å². The lowest BCUT2D eigenvalue weighted by molar-refractivity contribution is 1.01. The van der Waals surface area contributed by atoms with Gasteiger partial charge in [0.05, 0.1) is 11.2 Å². The predicted molar refractivity (Wildman–Crippen MR) is 61.6 cm³/mol. The molecule has 2 nitrogen and oxygen atoms in total. The monoisotopic (exact) mass is 216 g/mol. The summed E-state index contributed by atoms with van der Waals surface area (Å²) in [6, 6.07) is 0. The summed E-state index contributed by atoms with van der Waals surface area (Å²) in [5.41, 5.74) is 8.64. The molecule has 13 heavy (non-hydrogen) atoms. The number of nitrogens with zero attached hydrogens (tertiary/aromatic N) is 1. The summed E-state index contributed by atoms with van der Waals surface area (Å²) < 4.78 is 0. The number of hydrogen-bond acceptors (Lipinski definition) is 4.